The van der Waals surface area contributed by atoms with Crippen LogP contribution in [0.5, 0.6) is 0 Å². The van der Waals surface area contributed by atoms with Gasteiger partial charge in [0.05, 0.1) is 5.75 Å². The Kier molecular flexibility index (Phi) is 7.23. The third-order valence-corrected chi connectivity index (χ3v) is 4.90. The molecule has 0 radical (unpaired) electrons. The highest BCUT2D eigenvalue weighted by Gasteiger charge is 2.25. The summed E-state index contributed by atoms with van der Waals surface area (Å²) >= 11 is 1.63. The third-order valence-electron chi connectivity index (χ3n) is 3.53. The van der Waals surface area contributed by atoms with Crippen molar-refractivity contribution >= 4 is 23.6 Å². The lowest BCUT2D eigenvalue weighted by Crippen LogP contribution is -2.46. The molecule has 5 nitrogen and oxygen atoms in total. The number of rotatable bonds is 7. The number of carbonyl (C=O) groups is 2. The van der Waals surface area contributed by atoms with Gasteiger partial charge in [-0.05, 0) is 31.8 Å². The minimum Gasteiger partial charge on any atom is -0.480 e. The predicted octanol–water partition coefficient (Wildman–Crippen LogP) is 1.09. The van der Waals surface area contributed by atoms with Crippen molar-refractivity contribution in [2.45, 2.75) is 44.4 Å². The van der Waals surface area contributed by atoms with Crippen LogP contribution in [-0.2, 0) is 9.59 Å². The highest BCUT2D eigenvalue weighted by molar-refractivity contribution is 8.00. The molecule has 1 aliphatic heterocycles. The predicted molar refractivity (Wildman–Crippen MR) is 77.4 cm³/mol. The summed E-state index contributed by atoms with van der Waals surface area (Å²) in [7, 11) is 0. The molecule has 1 heterocycles. The Morgan fingerprint density at radius 2 is 2.05 bits per heavy atom. The fourth-order valence-electron chi connectivity index (χ4n) is 2.05. The molecular formula is C13H24N2O3S. The first-order valence-corrected chi connectivity index (χ1v) is 7.94. The highest BCUT2D eigenvalue weighted by atomic mass is 32.2. The van der Waals surface area contributed by atoms with Gasteiger partial charge in [0.2, 0.25) is 5.91 Å². The molecule has 1 amide bonds. The van der Waals surface area contributed by atoms with Crippen LogP contribution in [0.15, 0.2) is 0 Å². The molecular weight excluding hydrogens is 264 g/mol. The van der Waals surface area contributed by atoms with Crippen LogP contribution in [0.25, 0.3) is 0 Å². The first-order valence-electron chi connectivity index (χ1n) is 6.89. The van der Waals surface area contributed by atoms with Crippen molar-refractivity contribution in [1.29, 1.82) is 0 Å². The summed E-state index contributed by atoms with van der Waals surface area (Å²) in [6, 6.07) is -0.772. The van der Waals surface area contributed by atoms with Gasteiger partial charge in [-0.2, -0.15) is 0 Å². The van der Waals surface area contributed by atoms with Gasteiger partial charge in [0.1, 0.15) is 6.04 Å². The molecule has 2 atom stereocenters. The summed E-state index contributed by atoms with van der Waals surface area (Å²) < 4.78 is 0. The van der Waals surface area contributed by atoms with Crippen LogP contribution in [0.3, 0.4) is 0 Å². The molecule has 0 aromatic rings. The van der Waals surface area contributed by atoms with Crippen molar-refractivity contribution < 1.29 is 14.7 Å². The zero-order valence-corrected chi connectivity index (χ0v) is 12.5. The van der Waals surface area contributed by atoms with Crippen molar-refractivity contribution in [3.05, 3.63) is 0 Å². The van der Waals surface area contributed by atoms with Crippen LogP contribution in [-0.4, -0.2) is 47.1 Å². The summed E-state index contributed by atoms with van der Waals surface area (Å²) in [4.78, 5) is 22.9. The number of piperidine rings is 1. The van der Waals surface area contributed by atoms with Crippen LogP contribution in [0, 0.1) is 5.92 Å². The third kappa shape index (κ3) is 5.82. The molecule has 0 spiro atoms. The summed E-state index contributed by atoms with van der Waals surface area (Å²) in [5, 5.41) is 15.5. The molecule has 1 saturated heterocycles. The summed E-state index contributed by atoms with van der Waals surface area (Å²) in [5.74, 6) is -0.818. The zero-order chi connectivity index (χ0) is 14.3. The van der Waals surface area contributed by atoms with Gasteiger partial charge in [-0.25, -0.2) is 4.79 Å². The fourth-order valence-corrected chi connectivity index (χ4v) is 3.09. The fraction of sp³-hybridized carbons (Fsp3) is 0.846. The number of hydrogen-bond acceptors (Lipinski definition) is 4. The van der Waals surface area contributed by atoms with Gasteiger partial charge in [-0.15, -0.1) is 11.8 Å². The summed E-state index contributed by atoms with van der Waals surface area (Å²) in [6.07, 6.45) is 2.88. The Morgan fingerprint density at radius 1 is 1.42 bits per heavy atom. The molecule has 0 aromatic heterocycles. The van der Waals surface area contributed by atoms with Gasteiger partial charge in [0, 0.05) is 5.25 Å². The Balaban J connectivity index is 2.33. The number of nitrogens with one attached hydrogen (secondary N) is 2. The second-order valence-electron chi connectivity index (χ2n) is 5.03. The number of aliphatic carboxylic acids is 1. The van der Waals surface area contributed by atoms with E-state index in [0.29, 0.717) is 11.0 Å². The van der Waals surface area contributed by atoms with E-state index in [2.05, 4.69) is 10.6 Å². The molecule has 6 heteroatoms. The van der Waals surface area contributed by atoms with Crippen LogP contribution in [0.2, 0.25) is 0 Å². The van der Waals surface area contributed by atoms with E-state index in [1.165, 1.54) is 0 Å². The monoisotopic (exact) mass is 288 g/mol. The number of carboxylic acids is 1. The second-order valence-corrected chi connectivity index (χ2v) is 6.32. The average Bonchev–Trinajstić information content (AvgIpc) is 2.42. The molecule has 3 N–H and O–H groups in total. The number of carbonyl (C=O) groups excluding carboxylic acids is 1. The summed E-state index contributed by atoms with van der Waals surface area (Å²) in [5.41, 5.74) is 0. The first kappa shape index (κ1) is 16.3. The molecule has 0 saturated carbocycles. The maximum Gasteiger partial charge on any atom is 0.326 e. The van der Waals surface area contributed by atoms with Crippen molar-refractivity contribution in [2.24, 2.45) is 5.92 Å². The lowest BCUT2D eigenvalue weighted by molar-refractivity contribution is -0.143. The van der Waals surface area contributed by atoms with Gasteiger partial charge in [-0.1, -0.05) is 20.3 Å². The molecule has 1 fully saturated rings. The van der Waals surface area contributed by atoms with Crippen molar-refractivity contribution in [2.75, 3.05) is 18.8 Å². The Morgan fingerprint density at radius 3 is 2.58 bits per heavy atom. The van der Waals surface area contributed by atoms with E-state index in [0.717, 1.165) is 32.4 Å². The SMILES string of the molecule is CCC(C)[C@H](NC(=O)CSC1CCNCC1)C(=O)O. The molecule has 0 bridgehead atoms. The molecule has 0 aromatic carbocycles. The van der Waals surface area contributed by atoms with Crippen molar-refractivity contribution in [3.8, 4) is 0 Å². The maximum absolute atomic E-state index is 11.8. The van der Waals surface area contributed by atoms with Gasteiger partial charge >= 0.3 is 5.97 Å². The van der Waals surface area contributed by atoms with E-state index in [1.807, 2.05) is 13.8 Å². The molecule has 19 heavy (non-hydrogen) atoms. The largest absolute Gasteiger partial charge is 0.480 e. The smallest absolute Gasteiger partial charge is 0.326 e. The Bertz CT molecular complexity index is 306. The van der Waals surface area contributed by atoms with Gasteiger partial charge in [0.25, 0.3) is 0 Å². The van der Waals surface area contributed by atoms with Crippen LogP contribution < -0.4 is 10.6 Å². The standard InChI is InChI=1S/C13H24N2O3S/c1-3-9(2)12(13(17)18)15-11(16)8-19-10-4-6-14-7-5-10/h9-10,12,14H,3-8H2,1-2H3,(H,15,16)(H,17,18)/t9?,12-/m0/s1. The van der Waals surface area contributed by atoms with Crippen LogP contribution >= 0.6 is 11.8 Å². The van der Waals surface area contributed by atoms with E-state index >= 15 is 0 Å². The van der Waals surface area contributed by atoms with E-state index in [-0.39, 0.29) is 11.8 Å². The van der Waals surface area contributed by atoms with E-state index in [9.17, 15) is 9.59 Å². The van der Waals surface area contributed by atoms with E-state index in [1.54, 1.807) is 11.8 Å². The lowest BCUT2D eigenvalue weighted by atomic mass is 9.99. The van der Waals surface area contributed by atoms with Gasteiger partial charge in [-0.3, -0.25) is 4.79 Å². The number of hydrogen-bond donors (Lipinski definition) is 3. The van der Waals surface area contributed by atoms with Gasteiger partial charge in [0.15, 0.2) is 0 Å². The molecule has 0 aliphatic carbocycles. The van der Waals surface area contributed by atoms with Crippen molar-refractivity contribution in [1.82, 2.24) is 10.6 Å². The Labute approximate surface area is 118 Å². The highest BCUT2D eigenvalue weighted by Crippen LogP contribution is 2.20. The Hall–Kier alpha value is -0.750. The van der Waals surface area contributed by atoms with Gasteiger partial charge < -0.3 is 15.7 Å². The average molecular weight is 288 g/mol. The number of thioether (sulfide) groups is 1. The molecule has 110 valence electrons. The number of amides is 1. The second kappa shape index (κ2) is 8.43. The normalized spacial score (nSPS) is 19.7. The van der Waals surface area contributed by atoms with E-state index in [4.69, 9.17) is 5.11 Å². The summed E-state index contributed by atoms with van der Waals surface area (Å²) in [6.45, 7) is 5.78. The van der Waals surface area contributed by atoms with Crippen LogP contribution in [0.1, 0.15) is 33.1 Å². The minimum atomic E-state index is -0.949. The van der Waals surface area contributed by atoms with E-state index < -0.39 is 12.0 Å². The zero-order valence-electron chi connectivity index (χ0n) is 11.6. The van der Waals surface area contributed by atoms with Crippen LogP contribution in [0.4, 0.5) is 0 Å². The number of carboxylic acid groups (broad SMARTS) is 1. The minimum absolute atomic E-state index is 0.0506. The van der Waals surface area contributed by atoms with Crippen molar-refractivity contribution in [3.63, 3.8) is 0 Å². The molecule has 1 aliphatic rings. The first-order chi connectivity index (χ1) is 9.04. The maximum atomic E-state index is 11.8. The lowest BCUT2D eigenvalue weighted by Gasteiger charge is -2.23. The molecule has 1 unspecified atom stereocenters. The molecule has 1 rings (SSSR count). The topological polar surface area (TPSA) is 78.4 Å². The quantitative estimate of drug-likeness (QED) is 0.653.